The van der Waals surface area contributed by atoms with Gasteiger partial charge in [0.25, 0.3) is 0 Å². The molecule has 13 heavy (non-hydrogen) atoms. The summed E-state index contributed by atoms with van der Waals surface area (Å²) in [5, 5.41) is 9.34. The van der Waals surface area contributed by atoms with E-state index in [-0.39, 0.29) is 17.5 Å². The third kappa shape index (κ3) is 2.02. The molecule has 0 aromatic carbocycles. The van der Waals surface area contributed by atoms with Gasteiger partial charge in [0.1, 0.15) is 0 Å². The first-order chi connectivity index (χ1) is 6.14. The van der Waals surface area contributed by atoms with Crippen LogP contribution in [0.25, 0.3) is 0 Å². The normalized spacial score (nSPS) is 34.2. The average Bonchev–Trinajstić information content (AvgIpc) is 2.18. The molecule has 0 saturated heterocycles. The lowest BCUT2D eigenvalue weighted by Crippen LogP contribution is -2.37. The van der Waals surface area contributed by atoms with E-state index in [0.717, 1.165) is 32.1 Å². The average molecular weight is 186 g/mol. The van der Waals surface area contributed by atoms with Crippen LogP contribution in [0.15, 0.2) is 0 Å². The first-order valence-electron chi connectivity index (χ1n) is 4.91. The van der Waals surface area contributed by atoms with Crippen LogP contribution in [0.1, 0.15) is 39.0 Å². The van der Waals surface area contributed by atoms with Crippen molar-refractivity contribution in [1.29, 1.82) is 0 Å². The van der Waals surface area contributed by atoms with E-state index in [2.05, 4.69) is 0 Å². The van der Waals surface area contributed by atoms with Crippen LogP contribution >= 0.6 is 0 Å². The molecule has 76 valence electrons. The van der Waals surface area contributed by atoms with Gasteiger partial charge in [-0.05, 0) is 32.1 Å². The molecule has 3 nitrogen and oxygen atoms in total. The summed E-state index contributed by atoms with van der Waals surface area (Å²) < 4.78 is 4.80. The van der Waals surface area contributed by atoms with Crippen LogP contribution in [0.5, 0.6) is 0 Å². The second-order valence-electron chi connectivity index (χ2n) is 3.86. The zero-order valence-electron chi connectivity index (χ0n) is 8.38. The fraction of sp³-hybridized carbons (Fsp3) is 0.900. The number of methoxy groups -OCH3 is 1. The number of esters is 1. The molecule has 1 N–H and O–H groups in total. The summed E-state index contributed by atoms with van der Waals surface area (Å²) in [5.41, 5.74) is -0.312. The summed E-state index contributed by atoms with van der Waals surface area (Å²) in [5.74, 6) is -0.109. The van der Waals surface area contributed by atoms with Crippen molar-refractivity contribution >= 4 is 5.97 Å². The van der Waals surface area contributed by atoms with Gasteiger partial charge in [-0.1, -0.05) is 6.92 Å². The minimum atomic E-state index is -0.312. The van der Waals surface area contributed by atoms with Gasteiger partial charge < -0.3 is 9.84 Å². The molecule has 3 heteroatoms. The quantitative estimate of drug-likeness (QED) is 0.665. The van der Waals surface area contributed by atoms with Gasteiger partial charge >= 0.3 is 5.97 Å². The van der Waals surface area contributed by atoms with Crippen LogP contribution in [0, 0.1) is 5.41 Å². The smallest absolute Gasteiger partial charge is 0.311 e. The highest BCUT2D eigenvalue weighted by Gasteiger charge is 2.40. The number of hydrogen-bond acceptors (Lipinski definition) is 3. The molecule has 0 aromatic rings. The van der Waals surface area contributed by atoms with E-state index in [1.807, 2.05) is 6.92 Å². The van der Waals surface area contributed by atoms with Crippen molar-refractivity contribution in [3.63, 3.8) is 0 Å². The summed E-state index contributed by atoms with van der Waals surface area (Å²) in [6, 6.07) is 0. The Morgan fingerprint density at radius 1 is 1.54 bits per heavy atom. The largest absolute Gasteiger partial charge is 0.469 e. The van der Waals surface area contributed by atoms with Crippen LogP contribution in [0.3, 0.4) is 0 Å². The monoisotopic (exact) mass is 186 g/mol. The van der Waals surface area contributed by atoms with E-state index in [1.54, 1.807) is 0 Å². The van der Waals surface area contributed by atoms with Crippen molar-refractivity contribution < 1.29 is 14.6 Å². The van der Waals surface area contributed by atoms with Crippen LogP contribution in [0.2, 0.25) is 0 Å². The summed E-state index contributed by atoms with van der Waals surface area (Å²) in [6.07, 6.45) is 3.57. The van der Waals surface area contributed by atoms with E-state index in [0.29, 0.717) is 0 Å². The summed E-state index contributed by atoms with van der Waals surface area (Å²) in [6.45, 7) is 2.01. The second-order valence-corrected chi connectivity index (χ2v) is 3.86. The molecule has 1 aliphatic rings. The number of aliphatic hydroxyl groups excluding tert-OH is 1. The van der Waals surface area contributed by atoms with Crippen LogP contribution in [-0.4, -0.2) is 24.3 Å². The lowest BCUT2D eigenvalue weighted by molar-refractivity contribution is -0.156. The Balaban J connectivity index is 2.65. The zero-order chi connectivity index (χ0) is 9.90. The third-order valence-electron chi connectivity index (χ3n) is 3.21. The molecular weight excluding hydrogens is 168 g/mol. The molecule has 1 aliphatic carbocycles. The van der Waals surface area contributed by atoms with Crippen molar-refractivity contribution in [3.05, 3.63) is 0 Å². The molecule has 0 spiro atoms. The van der Waals surface area contributed by atoms with Gasteiger partial charge in [-0.25, -0.2) is 0 Å². The minimum absolute atomic E-state index is 0.109. The molecule has 0 unspecified atom stereocenters. The Labute approximate surface area is 79.1 Å². The lowest BCUT2D eigenvalue weighted by Gasteiger charge is -2.35. The molecule has 0 heterocycles. The second kappa shape index (κ2) is 4.09. The van der Waals surface area contributed by atoms with Gasteiger partial charge in [0, 0.05) is 0 Å². The minimum Gasteiger partial charge on any atom is -0.469 e. The van der Waals surface area contributed by atoms with Crippen molar-refractivity contribution in [1.82, 2.24) is 0 Å². The number of aliphatic hydroxyl groups is 1. The van der Waals surface area contributed by atoms with Gasteiger partial charge in [-0.3, -0.25) is 4.79 Å². The number of carbonyl (C=O) groups is 1. The topological polar surface area (TPSA) is 46.5 Å². The number of hydrogen-bond donors (Lipinski definition) is 1. The van der Waals surface area contributed by atoms with E-state index in [9.17, 15) is 9.90 Å². The van der Waals surface area contributed by atoms with E-state index in [1.165, 1.54) is 7.11 Å². The Bertz CT molecular complexity index is 181. The maximum Gasteiger partial charge on any atom is 0.311 e. The fourth-order valence-corrected chi connectivity index (χ4v) is 2.07. The predicted octanol–water partition coefficient (Wildman–Crippen LogP) is 1.49. The van der Waals surface area contributed by atoms with E-state index in [4.69, 9.17) is 4.74 Å². The first kappa shape index (κ1) is 10.5. The summed E-state index contributed by atoms with van der Waals surface area (Å²) >= 11 is 0. The highest BCUT2D eigenvalue weighted by molar-refractivity contribution is 5.76. The lowest BCUT2D eigenvalue weighted by atomic mass is 9.71. The fourth-order valence-electron chi connectivity index (χ4n) is 2.07. The zero-order valence-corrected chi connectivity index (χ0v) is 8.38. The Hall–Kier alpha value is -0.570. The molecule has 0 amide bonds. The van der Waals surface area contributed by atoms with Crippen molar-refractivity contribution in [2.75, 3.05) is 7.11 Å². The molecule has 0 aliphatic heterocycles. The molecule has 0 bridgehead atoms. The van der Waals surface area contributed by atoms with Gasteiger partial charge in [-0.2, -0.15) is 0 Å². The third-order valence-corrected chi connectivity index (χ3v) is 3.21. The Morgan fingerprint density at radius 3 is 2.46 bits per heavy atom. The van der Waals surface area contributed by atoms with Crippen LogP contribution in [0.4, 0.5) is 0 Å². The Morgan fingerprint density at radius 2 is 2.08 bits per heavy atom. The van der Waals surface area contributed by atoms with Crippen LogP contribution in [-0.2, 0) is 9.53 Å². The van der Waals surface area contributed by atoms with Gasteiger partial charge in [0.05, 0.1) is 18.6 Å². The number of ether oxygens (including phenoxy) is 1. The van der Waals surface area contributed by atoms with Crippen molar-refractivity contribution in [2.24, 2.45) is 5.41 Å². The molecule has 0 aromatic heterocycles. The number of rotatable bonds is 2. The summed E-state index contributed by atoms with van der Waals surface area (Å²) in [7, 11) is 1.44. The van der Waals surface area contributed by atoms with Gasteiger partial charge in [0.2, 0.25) is 0 Å². The standard InChI is InChI=1S/C10H18O3/c1-3-10(9(12)13-2)6-4-8(11)5-7-10/h8,11H,3-7H2,1-2H3/t8-,10-. The first-order valence-corrected chi connectivity index (χ1v) is 4.91. The van der Waals surface area contributed by atoms with Gasteiger partial charge in [-0.15, -0.1) is 0 Å². The maximum absolute atomic E-state index is 11.5. The number of carbonyl (C=O) groups excluding carboxylic acids is 1. The highest BCUT2D eigenvalue weighted by atomic mass is 16.5. The predicted molar refractivity (Wildman–Crippen MR) is 49.2 cm³/mol. The SMILES string of the molecule is CC[C@]1(C(=O)OC)CC[C@H](O)CC1. The van der Waals surface area contributed by atoms with Crippen LogP contribution < -0.4 is 0 Å². The van der Waals surface area contributed by atoms with E-state index < -0.39 is 0 Å². The van der Waals surface area contributed by atoms with Crippen molar-refractivity contribution in [2.45, 2.75) is 45.1 Å². The molecule has 0 radical (unpaired) electrons. The summed E-state index contributed by atoms with van der Waals surface area (Å²) in [4.78, 5) is 11.5. The molecule has 1 saturated carbocycles. The van der Waals surface area contributed by atoms with E-state index >= 15 is 0 Å². The molecule has 1 rings (SSSR count). The molecular formula is C10H18O3. The molecule has 0 atom stereocenters. The Kier molecular flexibility index (Phi) is 3.31. The highest BCUT2D eigenvalue weighted by Crippen LogP contribution is 2.40. The molecule has 1 fully saturated rings. The maximum atomic E-state index is 11.5. The van der Waals surface area contributed by atoms with Crippen molar-refractivity contribution in [3.8, 4) is 0 Å². The van der Waals surface area contributed by atoms with Gasteiger partial charge in [0.15, 0.2) is 0 Å².